The number of nitrogens with one attached hydrogen (secondary N) is 1. The van der Waals surface area contributed by atoms with E-state index in [0.29, 0.717) is 18.8 Å². The van der Waals surface area contributed by atoms with Gasteiger partial charge >= 0.3 is 5.97 Å². The Balaban J connectivity index is 1.66. The first-order chi connectivity index (χ1) is 15.1. The molecule has 2 unspecified atom stereocenters. The summed E-state index contributed by atoms with van der Waals surface area (Å²) in [4.78, 5) is 24.7. The van der Waals surface area contributed by atoms with E-state index in [1.165, 1.54) is 28.6 Å². The predicted octanol–water partition coefficient (Wildman–Crippen LogP) is 3.77. The molecule has 0 aliphatic carbocycles. The zero-order valence-corrected chi connectivity index (χ0v) is 19.7. The summed E-state index contributed by atoms with van der Waals surface area (Å²) in [7, 11) is -3.72. The average molecular weight is 459 g/mol. The molecule has 1 aliphatic heterocycles. The van der Waals surface area contributed by atoms with E-state index in [4.69, 9.17) is 4.74 Å². The van der Waals surface area contributed by atoms with Crippen LogP contribution in [0.1, 0.15) is 41.8 Å². The lowest BCUT2D eigenvalue weighted by molar-refractivity contribution is -0.119. The Morgan fingerprint density at radius 2 is 1.75 bits per heavy atom. The van der Waals surface area contributed by atoms with Crippen molar-refractivity contribution in [1.82, 2.24) is 4.31 Å². The standard InChI is InChI=1S/C24H30N2O5S/c1-16-8-9-19(4)22(11-16)25-23(27)15-31-24(28)20-6-5-7-21(12-20)32(29,30)26-13-17(2)10-18(3)14-26/h5-9,11-12,17-18H,10,13-15H2,1-4H3,(H,25,27). The lowest BCUT2D eigenvalue weighted by atomic mass is 9.94. The van der Waals surface area contributed by atoms with Crippen LogP contribution in [-0.4, -0.2) is 44.3 Å². The smallest absolute Gasteiger partial charge is 0.338 e. The molecule has 32 heavy (non-hydrogen) atoms. The molecule has 1 fully saturated rings. The van der Waals surface area contributed by atoms with E-state index in [1.54, 1.807) is 0 Å². The minimum absolute atomic E-state index is 0.0492. The number of carbonyl (C=O) groups is 2. The fraction of sp³-hybridized carbons (Fsp3) is 0.417. The molecule has 1 N–H and O–H groups in total. The number of hydrogen-bond acceptors (Lipinski definition) is 5. The first-order valence-corrected chi connectivity index (χ1v) is 12.1. The number of amides is 1. The maximum atomic E-state index is 13.1. The second-order valence-corrected chi connectivity index (χ2v) is 10.7. The van der Waals surface area contributed by atoms with Crippen LogP contribution in [0.4, 0.5) is 5.69 Å². The van der Waals surface area contributed by atoms with Crippen molar-refractivity contribution < 1.29 is 22.7 Å². The molecule has 3 rings (SSSR count). The van der Waals surface area contributed by atoms with Crippen molar-refractivity contribution in [3.63, 3.8) is 0 Å². The Bertz CT molecular complexity index is 1100. The van der Waals surface area contributed by atoms with Gasteiger partial charge in [0.25, 0.3) is 5.91 Å². The SMILES string of the molecule is Cc1ccc(C)c(NC(=O)COC(=O)c2cccc(S(=O)(=O)N3CC(C)CC(C)C3)c2)c1. The van der Waals surface area contributed by atoms with Gasteiger partial charge in [0.05, 0.1) is 10.5 Å². The highest BCUT2D eigenvalue weighted by atomic mass is 32.2. The van der Waals surface area contributed by atoms with Crippen LogP contribution in [0.25, 0.3) is 0 Å². The van der Waals surface area contributed by atoms with Crippen molar-refractivity contribution in [3.05, 3.63) is 59.2 Å². The van der Waals surface area contributed by atoms with Gasteiger partial charge in [0, 0.05) is 18.8 Å². The zero-order chi connectivity index (χ0) is 23.5. The molecule has 2 aromatic rings. The maximum Gasteiger partial charge on any atom is 0.338 e. The molecule has 0 radical (unpaired) electrons. The number of carbonyl (C=O) groups excluding carboxylic acids is 2. The average Bonchev–Trinajstić information content (AvgIpc) is 2.74. The highest BCUT2D eigenvalue weighted by molar-refractivity contribution is 7.89. The Kier molecular flexibility index (Phi) is 7.36. The van der Waals surface area contributed by atoms with Gasteiger partial charge in [-0.15, -0.1) is 0 Å². The zero-order valence-electron chi connectivity index (χ0n) is 18.9. The Hall–Kier alpha value is -2.71. The number of esters is 1. The van der Waals surface area contributed by atoms with Crippen molar-refractivity contribution in [3.8, 4) is 0 Å². The quantitative estimate of drug-likeness (QED) is 0.666. The van der Waals surface area contributed by atoms with Gasteiger partial charge in [-0.1, -0.05) is 32.0 Å². The summed E-state index contributed by atoms with van der Waals surface area (Å²) >= 11 is 0. The third kappa shape index (κ3) is 5.75. The second-order valence-electron chi connectivity index (χ2n) is 8.74. The molecule has 7 nitrogen and oxygen atoms in total. The van der Waals surface area contributed by atoms with E-state index in [2.05, 4.69) is 5.32 Å². The van der Waals surface area contributed by atoms with Gasteiger partial charge in [-0.05, 0) is 67.5 Å². The molecule has 1 amide bonds. The molecule has 0 aromatic heterocycles. The van der Waals surface area contributed by atoms with Gasteiger partial charge < -0.3 is 10.1 Å². The van der Waals surface area contributed by atoms with Crippen LogP contribution in [0.3, 0.4) is 0 Å². The normalized spacial score (nSPS) is 19.4. The third-order valence-corrected chi connectivity index (χ3v) is 7.37. The van der Waals surface area contributed by atoms with Crippen LogP contribution in [0.5, 0.6) is 0 Å². The molecular weight excluding hydrogens is 428 g/mol. The number of nitrogens with zero attached hydrogens (tertiary/aromatic N) is 1. The van der Waals surface area contributed by atoms with Gasteiger partial charge in [-0.25, -0.2) is 13.2 Å². The third-order valence-electron chi connectivity index (χ3n) is 5.54. The molecule has 0 saturated carbocycles. The van der Waals surface area contributed by atoms with Gasteiger partial charge in [0.2, 0.25) is 10.0 Å². The highest BCUT2D eigenvalue weighted by Gasteiger charge is 2.32. The summed E-state index contributed by atoms with van der Waals surface area (Å²) in [6.45, 7) is 8.31. The minimum atomic E-state index is -3.72. The maximum absolute atomic E-state index is 13.1. The van der Waals surface area contributed by atoms with Crippen molar-refractivity contribution in [2.24, 2.45) is 11.8 Å². The number of hydrogen-bond donors (Lipinski definition) is 1. The number of aryl methyl sites for hydroxylation is 2. The summed E-state index contributed by atoms with van der Waals surface area (Å²) in [6.07, 6.45) is 0.989. The number of ether oxygens (including phenoxy) is 1. The fourth-order valence-corrected chi connectivity index (χ4v) is 5.73. The molecule has 2 aromatic carbocycles. The molecule has 8 heteroatoms. The monoisotopic (exact) mass is 458 g/mol. The van der Waals surface area contributed by atoms with Gasteiger partial charge in [0.1, 0.15) is 0 Å². The molecule has 1 saturated heterocycles. The summed E-state index contributed by atoms with van der Waals surface area (Å²) in [5.41, 5.74) is 2.64. The number of rotatable bonds is 6. The Morgan fingerprint density at radius 1 is 1.06 bits per heavy atom. The Labute approximate surface area is 189 Å². The summed E-state index contributed by atoms with van der Waals surface area (Å²) < 4.78 is 32.8. The lowest BCUT2D eigenvalue weighted by Crippen LogP contribution is -2.42. The van der Waals surface area contributed by atoms with E-state index in [-0.39, 0.29) is 22.3 Å². The molecule has 0 spiro atoms. The minimum Gasteiger partial charge on any atom is -0.452 e. The van der Waals surface area contributed by atoms with Crippen molar-refractivity contribution >= 4 is 27.6 Å². The van der Waals surface area contributed by atoms with E-state index < -0.39 is 28.5 Å². The van der Waals surface area contributed by atoms with Crippen LogP contribution in [0.2, 0.25) is 0 Å². The van der Waals surface area contributed by atoms with Gasteiger partial charge in [0.15, 0.2) is 6.61 Å². The topological polar surface area (TPSA) is 92.8 Å². The largest absolute Gasteiger partial charge is 0.452 e. The van der Waals surface area contributed by atoms with Crippen molar-refractivity contribution in [2.45, 2.75) is 39.0 Å². The van der Waals surface area contributed by atoms with Crippen molar-refractivity contribution in [1.29, 1.82) is 0 Å². The van der Waals surface area contributed by atoms with Gasteiger partial charge in [-0.2, -0.15) is 4.31 Å². The number of piperidine rings is 1. The van der Waals surface area contributed by atoms with E-state index in [9.17, 15) is 18.0 Å². The van der Waals surface area contributed by atoms with E-state index in [0.717, 1.165) is 17.5 Å². The molecule has 1 heterocycles. The number of sulfonamides is 1. The summed E-state index contributed by atoms with van der Waals surface area (Å²) in [5.74, 6) is -0.667. The summed E-state index contributed by atoms with van der Waals surface area (Å²) in [6, 6.07) is 11.4. The number of anilines is 1. The number of benzene rings is 2. The van der Waals surface area contributed by atoms with Gasteiger partial charge in [-0.3, -0.25) is 4.79 Å². The first-order valence-electron chi connectivity index (χ1n) is 10.7. The lowest BCUT2D eigenvalue weighted by Gasteiger charge is -2.34. The molecule has 1 aliphatic rings. The highest BCUT2D eigenvalue weighted by Crippen LogP contribution is 2.27. The molecule has 172 valence electrons. The summed E-state index contributed by atoms with van der Waals surface area (Å²) in [5, 5.41) is 2.73. The molecular formula is C24H30N2O5S. The second kappa shape index (κ2) is 9.83. The van der Waals surface area contributed by atoms with Crippen molar-refractivity contribution in [2.75, 3.05) is 25.0 Å². The molecule has 2 atom stereocenters. The first kappa shape index (κ1) is 23.9. The Morgan fingerprint density at radius 3 is 2.44 bits per heavy atom. The van der Waals surface area contributed by atoms with Crippen LogP contribution < -0.4 is 5.32 Å². The van der Waals surface area contributed by atoms with Crippen LogP contribution in [0.15, 0.2) is 47.4 Å². The van der Waals surface area contributed by atoms with Crippen LogP contribution >= 0.6 is 0 Å². The molecule has 0 bridgehead atoms. The van der Waals surface area contributed by atoms with Crippen LogP contribution in [0, 0.1) is 25.7 Å². The van der Waals surface area contributed by atoms with E-state index in [1.807, 2.05) is 45.9 Å². The fourth-order valence-electron chi connectivity index (χ4n) is 4.01. The van der Waals surface area contributed by atoms with E-state index >= 15 is 0 Å². The van der Waals surface area contributed by atoms with Crippen LogP contribution in [-0.2, 0) is 19.6 Å². The predicted molar refractivity (Wildman–Crippen MR) is 123 cm³/mol.